The van der Waals surface area contributed by atoms with Crippen LogP contribution in [0.2, 0.25) is 0 Å². The van der Waals surface area contributed by atoms with Gasteiger partial charge in [0.25, 0.3) is 0 Å². The van der Waals surface area contributed by atoms with Gasteiger partial charge in [-0.1, -0.05) is 30.3 Å². The van der Waals surface area contributed by atoms with Crippen molar-refractivity contribution in [1.29, 1.82) is 0 Å². The number of para-hydroxylation sites is 1. The van der Waals surface area contributed by atoms with Crippen LogP contribution >= 0.6 is 24.0 Å². The van der Waals surface area contributed by atoms with Crippen molar-refractivity contribution in [3.63, 3.8) is 0 Å². The van der Waals surface area contributed by atoms with Gasteiger partial charge in [0.15, 0.2) is 5.96 Å². The molecule has 0 amide bonds. The van der Waals surface area contributed by atoms with Crippen LogP contribution in [0, 0.1) is 20.8 Å². The van der Waals surface area contributed by atoms with Gasteiger partial charge in [-0.2, -0.15) is 5.10 Å². The number of hydrogen-bond donors (Lipinski definition) is 2. The van der Waals surface area contributed by atoms with E-state index in [0.29, 0.717) is 12.5 Å². The van der Waals surface area contributed by atoms with Crippen molar-refractivity contribution in [2.24, 2.45) is 10.7 Å². The van der Waals surface area contributed by atoms with Crippen molar-refractivity contribution in [2.75, 3.05) is 5.32 Å². The molecule has 0 saturated heterocycles. The molecule has 0 bridgehead atoms. The summed E-state index contributed by atoms with van der Waals surface area (Å²) in [5, 5.41) is 7.77. The van der Waals surface area contributed by atoms with E-state index < -0.39 is 0 Å². The predicted octanol–water partition coefficient (Wildman–Crippen LogP) is 4.34. The lowest BCUT2D eigenvalue weighted by atomic mass is 10.2. The van der Waals surface area contributed by atoms with Crippen LogP contribution in [0.5, 0.6) is 0 Å². The molecule has 3 rings (SSSR count). The molecule has 1 heterocycles. The van der Waals surface area contributed by atoms with Gasteiger partial charge >= 0.3 is 0 Å². The summed E-state index contributed by atoms with van der Waals surface area (Å²) >= 11 is 0. The molecule has 0 aliphatic heterocycles. The van der Waals surface area contributed by atoms with E-state index in [1.807, 2.05) is 73.1 Å². The Labute approximate surface area is 171 Å². The van der Waals surface area contributed by atoms with Gasteiger partial charge in [0, 0.05) is 16.9 Å². The Hall–Kier alpha value is -2.35. The lowest BCUT2D eigenvalue weighted by Gasteiger charge is -2.07. The molecule has 0 saturated carbocycles. The fourth-order valence-corrected chi connectivity index (χ4v) is 2.80. The molecule has 136 valence electrons. The number of hydrogen-bond acceptors (Lipinski definition) is 2. The second kappa shape index (κ2) is 8.84. The standard InChI is InChI=1S/C20H23N5.HI/c1-14-8-7-9-17(12-14)23-20(21)22-13-19-15(2)24-25(16(19)3)18-10-5-4-6-11-18;/h4-12H,13H2,1-3H3,(H3,21,22,23);1H. The zero-order valence-electron chi connectivity index (χ0n) is 15.2. The van der Waals surface area contributed by atoms with Crippen LogP contribution in [0.15, 0.2) is 59.6 Å². The summed E-state index contributed by atoms with van der Waals surface area (Å²) in [4.78, 5) is 4.48. The number of aryl methyl sites for hydroxylation is 2. The summed E-state index contributed by atoms with van der Waals surface area (Å²) in [6.07, 6.45) is 0. The first-order chi connectivity index (χ1) is 12.0. The van der Waals surface area contributed by atoms with E-state index in [9.17, 15) is 0 Å². The summed E-state index contributed by atoms with van der Waals surface area (Å²) in [6.45, 7) is 6.60. The molecule has 0 unspecified atom stereocenters. The van der Waals surface area contributed by atoms with Gasteiger partial charge in [0.2, 0.25) is 0 Å². The largest absolute Gasteiger partial charge is 0.370 e. The maximum atomic E-state index is 6.03. The van der Waals surface area contributed by atoms with E-state index >= 15 is 0 Å². The highest BCUT2D eigenvalue weighted by atomic mass is 127. The smallest absolute Gasteiger partial charge is 0.193 e. The van der Waals surface area contributed by atoms with E-state index in [2.05, 4.69) is 22.3 Å². The second-order valence-electron chi connectivity index (χ2n) is 6.09. The van der Waals surface area contributed by atoms with Crippen LogP contribution < -0.4 is 11.1 Å². The number of nitrogens with one attached hydrogen (secondary N) is 1. The van der Waals surface area contributed by atoms with E-state index in [1.165, 1.54) is 5.56 Å². The maximum Gasteiger partial charge on any atom is 0.193 e. The first-order valence-corrected chi connectivity index (χ1v) is 8.28. The number of aromatic nitrogens is 2. The Morgan fingerprint density at radius 2 is 1.81 bits per heavy atom. The average molecular weight is 461 g/mol. The van der Waals surface area contributed by atoms with E-state index in [-0.39, 0.29) is 24.0 Å². The Bertz CT molecular complexity index is 900. The molecule has 2 aromatic carbocycles. The Kier molecular flexibility index (Phi) is 6.79. The van der Waals surface area contributed by atoms with Crippen molar-refractivity contribution >= 4 is 35.6 Å². The molecule has 5 nitrogen and oxygen atoms in total. The number of guanidine groups is 1. The summed E-state index contributed by atoms with van der Waals surface area (Å²) in [5.41, 5.74) is 12.3. The molecule has 0 atom stereocenters. The monoisotopic (exact) mass is 461 g/mol. The van der Waals surface area contributed by atoms with Crippen LogP contribution in [0.1, 0.15) is 22.5 Å². The number of nitrogens with zero attached hydrogens (tertiary/aromatic N) is 3. The molecular formula is C20H24IN5. The van der Waals surface area contributed by atoms with Crippen LogP contribution in [0.3, 0.4) is 0 Å². The third-order valence-electron chi connectivity index (χ3n) is 4.14. The summed E-state index contributed by atoms with van der Waals surface area (Å²) in [7, 11) is 0. The van der Waals surface area contributed by atoms with Crippen molar-refractivity contribution in [2.45, 2.75) is 27.3 Å². The quantitative estimate of drug-likeness (QED) is 0.345. The molecule has 6 heteroatoms. The maximum absolute atomic E-state index is 6.03. The first kappa shape index (κ1) is 20.0. The predicted molar refractivity (Wildman–Crippen MR) is 119 cm³/mol. The van der Waals surface area contributed by atoms with Crippen molar-refractivity contribution in [3.8, 4) is 5.69 Å². The molecule has 3 aromatic rings. The highest BCUT2D eigenvalue weighted by molar-refractivity contribution is 14.0. The Morgan fingerprint density at radius 3 is 2.50 bits per heavy atom. The number of halogens is 1. The topological polar surface area (TPSA) is 68.2 Å². The fourth-order valence-electron chi connectivity index (χ4n) is 2.80. The number of rotatable bonds is 4. The molecular weight excluding hydrogens is 437 g/mol. The summed E-state index contributed by atoms with van der Waals surface area (Å²) in [5.74, 6) is 0.400. The normalized spacial score (nSPS) is 11.1. The highest BCUT2D eigenvalue weighted by Crippen LogP contribution is 2.18. The van der Waals surface area contributed by atoms with E-state index in [1.54, 1.807) is 0 Å². The summed E-state index contributed by atoms with van der Waals surface area (Å²) < 4.78 is 1.95. The summed E-state index contributed by atoms with van der Waals surface area (Å²) in [6, 6.07) is 18.1. The SMILES string of the molecule is Cc1cccc(NC(N)=NCc2c(C)nn(-c3ccccc3)c2C)c1.I. The Morgan fingerprint density at radius 1 is 1.08 bits per heavy atom. The first-order valence-electron chi connectivity index (χ1n) is 8.28. The van der Waals surface area contributed by atoms with Gasteiger partial charge in [-0.15, -0.1) is 24.0 Å². The van der Waals surface area contributed by atoms with Gasteiger partial charge < -0.3 is 11.1 Å². The number of anilines is 1. The van der Waals surface area contributed by atoms with Gasteiger partial charge in [0.1, 0.15) is 0 Å². The van der Waals surface area contributed by atoms with E-state index in [0.717, 1.165) is 28.3 Å². The molecule has 0 fully saturated rings. The van der Waals surface area contributed by atoms with Crippen molar-refractivity contribution < 1.29 is 0 Å². The molecule has 3 N–H and O–H groups in total. The fraction of sp³-hybridized carbons (Fsp3) is 0.200. The van der Waals surface area contributed by atoms with Crippen LogP contribution in [-0.2, 0) is 6.54 Å². The molecule has 0 radical (unpaired) electrons. The second-order valence-corrected chi connectivity index (χ2v) is 6.09. The molecule has 26 heavy (non-hydrogen) atoms. The van der Waals surface area contributed by atoms with Crippen molar-refractivity contribution in [3.05, 3.63) is 77.1 Å². The lowest BCUT2D eigenvalue weighted by molar-refractivity contribution is 0.832. The van der Waals surface area contributed by atoms with Crippen LogP contribution in [0.4, 0.5) is 5.69 Å². The minimum Gasteiger partial charge on any atom is -0.370 e. The van der Waals surface area contributed by atoms with Crippen LogP contribution in [-0.4, -0.2) is 15.7 Å². The van der Waals surface area contributed by atoms with Gasteiger partial charge in [-0.05, 0) is 50.6 Å². The molecule has 0 aliphatic carbocycles. The Balaban J connectivity index is 0.00000243. The lowest BCUT2D eigenvalue weighted by Crippen LogP contribution is -2.22. The van der Waals surface area contributed by atoms with Crippen molar-refractivity contribution in [1.82, 2.24) is 9.78 Å². The zero-order valence-corrected chi connectivity index (χ0v) is 17.6. The van der Waals surface area contributed by atoms with Gasteiger partial charge in [-0.25, -0.2) is 9.67 Å². The highest BCUT2D eigenvalue weighted by Gasteiger charge is 2.12. The third kappa shape index (κ3) is 4.63. The van der Waals surface area contributed by atoms with Crippen LogP contribution in [0.25, 0.3) is 5.69 Å². The number of nitrogens with two attached hydrogens (primary N) is 1. The minimum atomic E-state index is 0. The average Bonchev–Trinajstić information content (AvgIpc) is 2.88. The number of benzene rings is 2. The molecule has 0 spiro atoms. The zero-order chi connectivity index (χ0) is 17.8. The molecule has 0 aliphatic rings. The number of aliphatic imine (C=N–C) groups is 1. The van der Waals surface area contributed by atoms with Gasteiger partial charge in [-0.3, -0.25) is 0 Å². The van der Waals surface area contributed by atoms with Gasteiger partial charge in [0.05, 0.1) is 17.9 Å². The molecule has 1 aromatic heterocycles. The minimum absolute atomic E-state index is 0. The van der Waals surface area contributed by atoms with E-state index in [4.69, 9.17) is 5.73 Å². The third-order valence-corrected chi connectivity index (χ3v) is 4.14.